The van der Waals surface area contributed by atoms with E-state index < -0.39 is 0 Å². The van der Waals surface area contributed by atoms with Gasteiger partial charge in [-0.2, -0.15) is 0 Å². The number of benzene rings is 2. The predicted molar refractivity (Wildman–Crippen MR) is 111 cm³/mol. The summed E-state index contributed by atoms with van der Waals surface area (Å²) in [6.45, 7) is 6.79. The summed E-state index contributed by atoms with van der Waals surface area (Å²) in [4.78, 5) is 15.6. The zero-order chi connectivity index (χ0) is 19.2. The van der Waals surface area contributed by atoms with Gasteiger partial charge in [0.25, 0.3) is 0 Å². The number of anilines is 1. The maximum atomic E-state index is 13.0. The Morgan fingerprint density at radius 3 is 2.70 bits per heavy atom. The highest BCUT2D eigenvalue weighted by atomic mass is 32.2. The molecule has 1 amide bonds. The lowest BCUT2D eigenvalue weighted by Crippen LogP contribution is -2.31. The van der Waals surface area contributed by atoms with Crippen LogP contribution >= 0.6 is 11.8 Å². The number of carbonyl (C=O) groups excluding carboxylic acids is 1. The molecule has 2 aromatic carbocycles. The molecule has 0 bridgehead atoms. The van der Waals surface area contributed by atoms with Crippen LogP contribution in [0.15, 0.2) is 47.4 Å². The van der Waals surface area contributed by atoms with Gasteiger partial charge in [-0.3, -0.25) is 4.79 Å². The summed E-state index contributed by atoms with van der Waals surface area (Å²) in [7, 11) is 0. The number of hydrogen-bond donors (Lipinski definition) is 1. The smallest absolute Gasteiger partial charge is 0.220 e. The minimum Gasteiger partial charge on any atom is -0.371 e. The first kappa shape index (κ1) is 19.7. The number of carbonyl (C=O) groups is 1. The minimum atomic E-state index is -0.208. The lowest BCUT2D eigenvalue weighted by atomic mass is 10.1. The summed E-state index contributed by atoms with van der Waals surface area (Å²) >= 11 is 1.73. The Bertz CT molecular complexity index is 778. The third-order valence-electron chi connectivity index (χ3n) is 5.14. The van der Waals surface area contributed by atoms with Gasteiger partial charge in [0.15, 0.2) is 0 Å². The van der Waals surface area contributed by atoms with Crippen LogP contribution in [0.3, 0.4) is 0 Å². The van der Waals surface area contributed by atoms with Crippen molar-refractivity contribution in [3.63, 3.8) is 0 Å². The number of nitrogens with one attached hydrogen (secondary N) is 1. The number of nitrogens with zero attached hydrogens (tertiary/aromatic N) is 1. The maximum Gasteiger partial charge on any atom is 0.220 e. The number of rotatable bonds is 7. The summed E-state index contributed by atoms with van der Waals surface area (Å²) in [6, 6.07) is 13.1. The van der Waals surface area contributed by atoms with Crippen LogP contribution in [0.5, 0.6) is 0 Å². The van der Waals surface area contributed by atoms with Crippen molar-refractivity contribution >= 4 is 23.4 Å². The topological polar surface area (TPSA) is 32.3 Å². The standard InChI is InChI=1S/C22H27FN2OS/c1-16-3-8-21(13-17(16)2)27-12-10-22(26)24-14-18-9-11-25(15-18)20-6-4-19(23)5-7-20/h3-8,13,18H,9-12,14-15H2,1-2H3,(H,24,26). The summed E-state index contributed by atoms with van der Waals surface area (Å²) in [6.07, 6.45) is 1.58. The third-order valence-corrected chi connectivity index (χ3v) is 6.14. The third kappa shape index (κ3) is 5.73. The fourth-order valence-corrected chi connectivity index (χ4v) is 4.25. The summed E-state index contributed by atoms with van der Waals surface area (Å²) in [5, 5.41) is 3.07. The van der Waals surface area contributed by atoms with E-state index in [4.69, 9.17) is 0 Å². The quantitative estimate of drug-likeness (QED) is 0.708. The van der Waals surface area contributed by atoms with Crippen molar-refractivity contribution in [1.29, 1.82) is 0 Å². The van der Waals surface area contributed by atoms with Gasteiger partial charge in [0.1, 0.15) is 5.82 Å². The molecule has 27 heavy (non-hydrogen) atoms. The van der Waals surface area contributed by atoms with Crippen molar-refractivity contribution in [1.82, 2.24) is 5.32 Å². The zero-order valence-electron chi connectivity index (χ0n) is 16.0. The minimum absolute atomic E-state index is 0.117. The van der Waals surface area contributed by atoms with Gasteiger partial charge in [0, 0.05) is 42.4 Å². The fraction of sp³-hybridized carbons (Fsp3) is 0.409. The van der Waals surface area contributed by atoms with Crippen LogP contribution in [0.2, 0.25) is 0 Å². The molecule has 3 rings (SSSR count). The van der Waals surface area contributed by atoms with Gasteiger partial charge in [-0.15, -0.1) is 11.8 Å². The van der Waals surface area contributed by atoms with Crippen molar-refractivity contribution in [2.45, 2.75) is 31.6 Å². The van der Waals surface area contributed by atoms with Crippen LogP contribution < -0.4 is 10.2 Å². The molecule has 1 aliphatic heterocycles. The second-order valence-corrected chi connectivity index (χ2v) is 8.39. The number of halogens is 1. The highest BCUT2D eigenvalue weighted by molar-refractivity contribution is 7.99. The molecule has 1 atom stereocenters. The first-order valence-electron chi connectivity index (χ1n) is 9.48. The zero-order valence-corrected chi connectivity index (χ0v) is 16.8. The van der Waals surface area contributed by atoms with Gasteiger partial charge in [0.2, 0.25) is 5.91 Å². The van der Waals surface area contributed by atoms with Crippen molar-refractivity contribution < 1.29 is 9.18 Å². The first-order chi connectivity index (χ1) is 13.0. The van der Waals surface area contributed by atoms with E-state index in [0.717, 1.165) is 31.0 Å². The Kier molecular flexibility index (Phi) is 6.78. The summed E-state index contributed by atoms with van der Waals surface area (Å²) in [5.74, 6) is 1.15. The average Bonchev–Trinajstić information content (AvgIpc) is 3.12. The van der Waals surface area contributed by atoms with Gasteiger partial charge in [-0.1, -0.05) is 6.07 Å². The van der Waals surface area contributed by atoms with Gasteiger partial charge >= 0.3 is 0 Å². The molecule has 0 spiro atoms. The van der Waals surface area contributed by atoms with Crippen LogP contribution in [-0.4, -0.2) is 31.3 Å². The Balaban J connectivity index is 1.35. The van der Waals surface area contributed by atoms with Gasteiger partial charge in [0.05, 0.1) is 0 Å². The lowest BCUT2D eigenvalue weighted by molar-refractivity contribution is -0.120. The molecule has 1 aliphatic rings. The molecule has 0 aromatic heterocycles. The molecule has 0 aliphatic carbocycles. The Morgan fingerprint density at radius 2 is 1.96 bits per heavy atom. The second kappa shape index (κ2) is 9.27. The molecule has 1 saturated heterocycles. The largest absolute Gasteiger partial charge is 0.371 e. The Labute approximate surface area is 165 Å². The van der Waals surface area contributed by atoms with Gasteiger partial charge < -0.3 is 10.2 Å². The number of aryl methyl sites for hydroxylation is 2. The molecule has 1 fully saturated rings. The summed E-state index contributed by atoms with van der Waals surface area (Å²) in [5.41, 5.74) is 3.63. The van der Waals surface area contributed by atoms with E-state index in [-0.39, 0.29) is 11.7 Å². The molecular weight excluding hydrogens is 359 g/mol. The molecule has 144 valence electrons. The van der Waals surface area contributed by atoms with Crippen LogP contribution in [0.4, 0.5) is 10.1 Å². The molecule has 5 heteroatoms. The van der Waals surface area contributed by atoms with Crippen LogP contribution in [0.25, 0.3) is 0 Å². The van der Waals surface area contributed by atoms with Crippen molar-refractivity contribution in [2.24, 2.45) is 5.92 Å². The molecule has 1 heterocycles. The molecule has 1 N–H and O–H groups in total. The molecule has 2 aromatic rings. The molecule has 1 unspecified atom stereocenters. The number of thioether (sulfide) groups is 1. The maximum absolute atomic E-state index is 13.0. The van der Waals surface area contributed by atoms with Crippen molar-refractivity contribution in [2.75, 3.05) is 30.3 Å². The highest BCUT2D eigenvalue weighted by Crippen LogP contribution is 2.24. The van der Waals surface area contributed by atoms with E-state index in [1.165, 1.54) is 28.2 Å². The number of amides is 1. The molecule has 0 saturated carbocycles. The van der Waals surface area contributed by atoms with Gasteiger partial charge in [-0.05, 0) is 73.7 Å². The SMILES string of the molecule is Cc1ccc(SCCC(=O)NCC2CCN(c3ccc(F)cc3)C2)cc1C. The fourth-order valence-electron chi connectivity index (χ4n) is 3.30. The van der Waals surface area contributed by atoms with Crippen LogP contribution in [0, 0.1) is 25.6 Å². The Hall–Kier alpha value is -2.01. The van der Waals surface area contributed by atoms with E-state index in [2.05, 4.69) is 42.3 Å². The number of hydrogen-bond acceptors (Lipinski definition) is 3. The predicted octanol–water partition coefficient (Wildman–Crippen LogP) is 4.57. The average molecular weight is 387 g/mol. The lowest BCUT2D eigenvalue weighted by Gasteiger charge is -2.18. The first-order valence-corrected chi connectivity index (χ1v) is 10.5. The Morgan fingerprint density at radius 1 is 1.19 bits per heavy atom. The molecule has 3 nitrogen and oxygen atoms in total. The van der Waals surface area contributed by atoms with Crippen LogP contribution in [0.1, 0.15) is 24.0 Å². The molecular formula is C22H27FN2OS. The van der Waals surface area contributed by atoms with Gasteiger partial charge in [-0.25, -0.2) is 4.39 Å². The van der Waals surface area contributed by atoms with E-state index in [1.54, 1.807) is 11.8 Å². The van der Waals surface area contributed by atoms with Crippen molar-refractivity contribution in [3.05, 3.63) is 59.4 Å². The highest BCUT2D eigenvalue weighted by Gasteiger charge is 2.23. The normalized spacial score (nSPS) is 16.6. The van der Waals surface area contributed by atoms with E-state index in [9.17, 15) is 9.18 Å². The monoisotopic (exact) mass is 386 g/mol. The molecule has 0 radical (unpaired) electrons. The van der Waals surface area contributed by atoms with E-state index in [1.807, 2.05) is 12.1 Å². The van der Waals surface area contributed by atoms with Crippen LogP contribution in [-0.2, 0) is 4.79 Å². The van der Waals surface area contributed by atoms with Crippen molar-refractivity contribution in [3.8, 4) is 0 Å². The van der Waals surface area contributed by atoms with E-state index in [0.29, 0.717) is 18.9 Å². The summed E-state index contributed by atoms with van der Waals surface area (Å²) < 4.78 is 13.0. The van der Waals surface area contributed by atoms with E-state index >= 15 is 0 Å². The second-order valence-electron chi connectivity index (χ2n) is 7.23.